The first kappa shape index (κ1) is 27.8. The van der Waals surface area contributed by atoms with Crippen LogP contribution in [0.4, 0.5) is 27.5 Å². The average molecular weight is 530 g/mol. The Morgan fingerprint density at radius 3 is 2.10 bits per heavy atom. The SMILES string of the molecule is CCCNC(=O)c1cc(NC(=O)Nc2ccc(C(C)C)cc2)ccc1N1CCN(c2ccccc2OC)CC1. The predicted octanol–water partition coefficient (Wildman–Crippen LogP) is 5.93. The van der Waals surface area contributed by atoms with Crippen LogP contribution in [-0.4, -0.2) is 51.8 Å². The summed E-state index contributed by atoms with van der Waals surface area (Å²) >= 11 is 0. The summed E-state index contributed by atoms with van der Waals surface area (Å²) in [5.41, 5.74) is 4.96. The number of methoxy groups -OCH3 is 1. The molecule has 1 saturated heterocycles. The minimum absolute atomic E-state index is 0.146. The Bertz CT molecular complexity index is 1270. The van der Waals surface area contributed by atoms with Crippen LogP contribution in [0.2, 0.25) is 0 Å². The second-order valence-electron chi connectivity index (χ2n) is 9.99. The number of urea groups is 1. The van der Waals surface area contributed by atoms with Crippen molar-refractivity contribution < 1.29 is 14.3 Å². The Kier molecular flexibility index (Phi) is 9.31. The molecule has 206 valence electrons. The van der Waals surface area contributed by atoms with Gasteiger partial charge < -0.3 is 30.5 Å². The van der Waals surface area contributed by atoms with Crippen LogP contribution in [0.15, 0.2) is 66.7 Å². The number of nitrogens with one attached hydrogen (secondary N) is 3. The zero-order chi connectivity index (χ0) is 27.8. The molecule has 0 radical (unpaired) electrons. The summed E-state index contributed by atoms with van der Waals surface area (Å²) in [6.45, 7) is 9.99. The highest BCUT2D eigenvalue weighted by Gasteiger charge is 2.23. The Balaban J connectivity index is 1.47. The van der Waals surface area contributed by atoms with E-state index in [4.69, 9.17) is 4.74 Å². The van der Waals surface area contributed by atoms with Gasteiger partial charge in [0.05, 0.1) is 18.4 Å². The van der Waals surface area contributed by atoms with Crippen molar-refractivity contribution in [2.75, 3.05) is 60.3 Å². The van der Waals surface area contributed by atoms with Crippen LogP contribution in [0, 0.1) is 0 Å². The Morgan fingerprint density at radius 2 is 1.46 bits per heavy atom. The van der Waals surface area contributed by atoms with Gasteiger partial charge >= 0.3 is 6.03 Å². The molecule has 0 aromatic heterocycles. The molecule has 1 aliphatic heterocycles. The molecule has 1 heterocycles. The Hall–Kier alpha value is -4.20. The largest absolute Gasteiger partial charge is 0.495 e. The standard InChI is InChI=1S/C31H39N5O3/c1-5-16-32-30(37)26-21-25(34-31(38)33-24-12-10-23(11-13-24)22(2)3)14-15-27(26)35-17-19-36(20-18-35)28-8-6-7-9-29(28)39-4/h6-15,21-22H,5,16-20H2,1-4H3,(H,32,37)(H2,33,34,38). The minimum Gasteiger partial charge on any atom is -0.495 e. The van der Waals surface area contributed by atoms with Gasteiger partial charge in [-0.1, -0.05) is 45.0 Å². The van der Waals surface area contributed by atoms with Crippen molar-refractivity contribution in [3.63, 3.8) is 0 Å². The van der Waals surface area contributed by atoms with Crippen molar-refractivity contribution in [2.45, 2.75) is 33.1 Å². The molecular weight excluding hydrogens is 490 g/mol. The van der Waals surface area contributed by atoms with E-state index in [0.717, 1.165) is 49.7 Å². The van der Waals surface area contributed by atoms with Crippen molar-refractivity contribution in [3.05, 3.63) is 77.9 Å². The number of nitrogens with zero attached hydrogens (tertiary/aromatic N) is 2. The van der Waals surface area contributed by atoms with E-state index in [0.29, 0.717) is 29.4 Å². The van der Waals surface area contributed by atoms with Gasteiger partial charge in [0.1, 0.15) is 5.75 Å². The number of hydrogen-bond acceptors (Lipinski definition) is 5. The van der Waals surface area contributed by atoms with Crippen LogP contribution in [0.25, 0.3) is 0 Å². The van der Waals surface area contributed by atoms with E-state index in [9.17, 15) is 9.59 Å². The molecule has 8 nitrogen and oxygen atoms in total. The van der Waals surface area contributed by atoms with Crippen molar-refractivity contribution in [3.8, 4) is 5.75 Å². The Labute approximate surface area is 231 Å². The normalized spacial score (nSPS) is 13.3. The molecular formula is C31H39N5O3. The third-order valence-corrected chi connectivity index (χ3v) is 6.92. The maximum atomic E-state index is 13.2. The fourth-order valence-electron chi connectivity index (χ4n) is 4.73. The molecule has 0 spiro atoms. The lowest BCUT2D eigenvalue weighted by Gasteiger charge is -2.38. The van der Waals surface area contributed by atoms with E-state index < -0.39 is 0 Å². The van der Waals surface area contributed by atoms with Gasteiger partial charge in [-0.05, 0) is 60.4 Å². The molecule has 3 aromatic carbocycles. The molecule has 3 aromatic rings. The number of carbonyl (C=O) groups excluding carboxylic acids is 2. The zero-order valence-electron chi connectivity index (χ0n) is 23.3. The number of anilines is 4. The molecule has 8 heteroatoms. The molecule has 0 atom stereocenters. The number of carbonyl (C=O) groups is 2. The van der Waals surface area contributed by atoms with Gasteiger partial charge in [0.2, 0.25) is 0 Å². The lowest BCUT2D eigenvalue weighted by atomic mass is 10.0. The minimum atomic E-state index is -0.356. The molecule has 3 amide bonds. The quantitative estimate of drug-likeness (QED) is 0.320. The molecule has 3 N–H and O–H groups in total. The van der Waals surface area contributed by atoms with Gasteiger partial charge in [-0.2, -0.15) is 0 Å². The van der Waals surface area contributed by atoms with Gasteiger partial charge in [0.25, 0.3) is 5.91 Å². The molecule has 39 heavy (non-hydrogen) atoms. The van der Waals surface area contributed by atoms with Crippen LogP contribution in [0.3, 0.4) is 0 Å². The summed E-state index contributed by atoms with van der Waals surface area (Å²) in [6, 6.07) is 21.0. The van der Waals surface area contributed by atoms with Crippen LogP contribution < -0.4 is 30.5 Å². The number of amides is 3. The fraction of sp³-hybridized carbons (Fsp3) is 0.355. The predicted molar refractivity (Wildman–Crippen MR) is 160 cm³/mol. The van der Waals surface area contributed by atoms with E-state index >= 15 is 0 Å². The van der Waals surface area contributed by atoms with Crippen LogP contribution in [0.1, 0.15) is 49.0 Å². The summed E-state index contributed by atoms with van der Waals surface area (Å²) < 4.78 is 5.55. The number of benzene rings is 3. The second kappa shape index (κ2) is 13.0. The smallest absolute Gasteiger partial charge is 0.323 e. The van der Waals surface area contributed by atoms with E-state index in [1.165, 1.54) is 5.56 Å². The number of rotatable bonds is 9. The van der Waals surface area contributed by atoms with Crippen molar-refractivity contribution in [1.29, 1.82) is 0 Å². The van der Waals surface area contributed by atoms with E-state index in [1.807, 2.05) is 61.5 Å². The maximum Gasteiger partial charge on any atom is 0.323 e. The summed E-state index contributed by atoms with van der Waals surface area (Å²) in [4.78, 5) is 30.4. The highest BCUT2D eigenvalue weighted by atomic mass is 16.5. The summed E-state index contributed by atoms with van der Waals surface area (Å²) in [6.07, 6.45) is 0.842. The molecule has 4 rings (SSSR count). The third kappa shape index (κ3) is 7.02. The van der Waals surface area contributed by atoms with Crippen molar-refractivity contribution >= 4 is 34.7 Å². The fourth-order valence-corrected chi connectivity index (χ4v) is 4.73. The average Bonchev–Trinajstić information content (AvgIpc) is 2.96. The first-order valence-electron chi connectivity index (χ1n) is 13.6. The number of hydrogen-bond donors (Lipinski definition) is 3. The first-order chi connectivity index (χ1) is 18.9. The van der Waals surface area contributed by atoms with Gasteiger partial charge in [-0.25, -0.2) is 4.79 Å². The highest BCUT2D eigenvalue weighted by Crippen LogP contribution is 2.31. The second-order valence-corrected chi connectivity index (χ2v) is 9.99. The first-order valence-corrected chi connectivity index (χ1v) is 13.6. The van der Waals surface area contributed by atoms with Gasteiger partial charge in [-0.15, -0.1) is 0 Å². The zero-order valence-corrected chi connectivity index (χ0v) is 23.3. The number of piperazine rings is 1. The van der Waals surface area contributed by atoms with Crippen LogP contribution >= 0.6 is 0 Å². The van der Waals surface area contributed by atoms with Crippen molar-refractivity contribution in [1.82, 2.24) is 5.32 Å². The lowest BCUT2D eigenvalue weighted by molar-refractivity contribution is 0.0954. The molecule has 0 unspecified atom stereocenters. The lowest BCUT2D eigenvalue weighted by Crippen LogP contribution is -2.47. The van der Waals surface area contributed by atoms with Gasteiger partial charge in [-0.3, -0.25) is 4.79 Å². The maximum absolute atomic E-state index is 13.2. The summed E-state index contributed by atoms with van der Waals surface area (Å²) in [5, 5.41) is 8.74. The monoisotopic (exact) mass is 529 g/mol. The van der Waals surface area contributed by atoms with Gasteiger partial charge in [0.15, 0.2) is 0 Å². The molecule has 0 saturated carbocycles. The number of para-hydroxylation sites is 2. The van der Waals surface area contributed by atoms with E-state index in [1.54, 1.807) is 13.2 Å². The topological polar surface area (TPSA) is 85.9 Å². The highest BCUT2D eigenvalue weighted by molar-refractivity contribution is 6.04. The van der Waals surface area contributed by atoms with E-state index in [-0.39, 0.29) is 11.9 Å². The number of ether oxygens (including phenoxy) is 1. The summed E-state index contributed by atoms with van der Waals surface area (Å²) in [7, 11) is 1.69. The third-order valence-electron chi connectivity index (χ3n) is 6.92. The molecule has 0 bridgehead atoms. The van der Waals surface area contributed by atoms with Crippen molar-refractivity contribution in [2.24, 2.45) is 0 Å². The molecule has 1 fully saturated rings. The summed E-state index contributed by atoms with van der Waals surface area (Å²) in [5.74, 6) is 1.13. The van der Waals surface area contributed by atoms with Crippen LogP contribution in [0.5, 0.6) is 5.75 Å². The molecule has 1 aliphatic rings. The van der Waals surface area contributed by atoms with E-state index in [2.05, 4.69) is 45.7 Å². The van der Waals surface area contributed by atoms with Gasteiger partial charge in [0, 0.05) is 49.8 Å². The molecule has 0 aliphatic carbocycles. The Morgan fingerprint density at radius 1 is 0.846 bits per heavy atom. The van der Waals surface area contributed by atoms with Crippen LogP contribution in [-0.2, 0) is 0 Å².